The minimum atomic E-state index is -0.260. The number of aliphatic hydroxyl groups excluding tert-OH is 1. The van der Waals surface area contributed by atoms with Gasteiger partial charge in [-0.1, -0.05) is 18.6 Å². The van der Waals surface area contributed by atoms with E-state index < -0.39 is 0 Å². The SMILES string of the molecule is Cc1cc(CN2C[C@H](O)[C@@H](N3CCCCC3)C2)ccc1F. The van der Waals surface area contributed by atoms with Gasteiger partial charge in [0.1, 0.15) is 5.82 Å². The van der Waals surface area contributed by atoms with Gasteiger partial charge in [-0.05, 0) is 50.0 Å². The van der Waals surface area contributed by atoms with Crippen molar-refractivity contribution in [2.75, 3.05) is 26.2 Å². The normalized spacial score (nSPS) is 28.1. The highest BCUT2D eigenvalue weighted by molar-refractivity contribution is 5.24. The van der Waals surface area contributed by atoms with Gasteiger partial charge < -0.3 is 5.11 Å². The highest BCUT2D eigenvalue weighted by Crippen LogP contribution is 2.22. The van der Waals surface area contributed by atoms with Crippen molar-refractivity contribution in [3.8, 4) is 0 Å². The van der Waals surface area contributed by atoms with Gasteiger partial charge in [-0.15, -0.1) is 0 Å². The van der Waals surface area contributed by atoms with Gasteiger partial charge in [0.15, 0.2) is 0 Å². The minimum Gasteiger partial charge on any atom is -0.390 e. The molecule has 1 aromatic carbocycles. The van der Waals surface area contributed by atoms with E-state index in [1.165, 1.54) is 19.3 Å². The topological polar surface area (TPSA) is 26.7 Å². The molecule has 2 atom stereocenters. The Hall–Kier alpha value is -0.970. The highest BCUT2D eigenvalue weighted by atomic mass is 19.1. The molecule has 0 amide bonds. The van der Waals surface area contributed by atoms with Crippen LogP contribution in [-0.2, 0) is 6.54 Å². The predicted molar refractivity (Wildman–Crippen MR) is 81.6 cm³/mol. The zero-order valence-electron chi connectivity index (χ0n) is 12.8. The lowest BCUT2D eigenvalue weighted by atomic mass is 10.1. The zero-order chi connectivity index (χ0) is 14.8. The molecular weight excluding hydrogens is 267 g/mol. The van der Waals surface area contributed by atoms with E-state index in [0.717, 1.165) is 38.3 Å². The Morgan fingerprint density at radius 2 is 1.95 bits per heavy atom. The van der Waals surface area contributed by atoms with Gasteiger partial charge in [-0.3, -0.25) is 9.80 Å². The van der Waals surface area contributed by atoms with Gasteiger partial charge in [-0.2, -0.15) is 0 Å². The molecule has 2 saturated heterocycles. The first-order valence-electron chi connectivity index (χ1n) is 8.03. The summed E-state index contributed by atoms with van der Waals surface area (Å²) in [6, 6.07) is 5.57. The number of rotatable bonds is 3. The Bertz CT molecular complexity index is 488. The lowest BCUT2D eigenvalue weighted by molar-refractivity contribution is 0.0706. The second kappa shape index (κ2) is 6.42. The summed E-state index contributed by atoms with van der Waals surface area (Å²) in [5, 5.41) is 10.3. The summed E-state index contributed by atoms with van der Waals surface area (Å²) in [4.78, 5) is 4.74. The number of β-amino-alcohol motifs (C(OH)–C–C–N with tert-alkyl or cyclic N) is 1. The van der Waals surface area contributed by atoms with E-state index in [0.29, 0.717) is 5.56 Å². The summed E-state index contributed by atoms with van der Waals surface area (Å²) in [5.41, 5.74) is 1.82. The molecule has 4 heteroatoms. The third kappa shape index (κ3) is 3.44. The van der Waals surface area contributed by atoms with E-state index in [-0.39, 0.29) is 18.0 Å². The summed E-state index contributed by atoms with van der Waals surface area (Å²) in [5.74, 6) is -0.147. The molecule has 2 aliphatic heterocycles. The van der Waals surface area contributed by atoms with Crippen molar-refractivity contribution in [3.05, 3.63) is 35.1 Å². The first kappa shape index (κ1) is 14.9. The van der Waals surface area contributed by atoms with E-state index in [4.69, 9.17) is 0 Å². The van der Waals surface area contributed by atoms with E-state index in [2.05, 4.69) is 9.80 Å². The number of hydrogen-bond donors (Lipinski definition) is 1. The van der Waals surface area contributed by atoms with Crippen molar-refractivity contribution < 1.29 is 9.50 Å². The summed E-state index contributed by atoms with van der Waals surface area (Å²) < 4.78 is 13.3. The molecule has 3 nitrogen and oxygen atoms in total. The molecule has 1 N–H and O–H groups in total. The van der Waals surface area contributed by atoms with Crippen LogP contribution in [0.3, 0.4) is 0 Å². The van der Waals surface area contributed by atoms with Crippen molar-refractivity contribution in [1.82, 2.24) is 9.80 Å². The maximum absolute atomic E-state index is 13.3. The Morgan fingerprint density at radius 3 is 2.67 bits per heavy atom. The molecule has 2 heterocycles. The average Bonchev–Trinajstić information content (AvgIpc) is 2.84. The van der Waals surface area contributed by atoms with Crippen LogP contribution in [0.5, 0.6) is 0 Å². The maximum atomic E-state index is 13.3. The molecule has 0 saturated carbocycles. The Labute approximate surface area is 126 Å². The van der Waals surface area contributed by atoms with Crippen molar-refractivity contribution >= 4 is 0 Å². The molecule has 116 valence electrons. The molecule has 0 aromatic heterocycles. The van der Waals surface area contributed by atoms with Crippen LogP contribution in [0.25, 0.3) is 0 Å². The van der Waals surface area contributed by atoms with Gasteiger partial charge in [0.25, 0.3) is 0 Å². The molecule has 1 aromatic rings. The zero-order valence-corrected chi connectivity index (χ0v) is 12.8. The second-order valence-electron chi connectivity index (χ2n) is 6.51. The van der Waals surface area contributed by atoms with Crippen LogP contribution >= 0.6 is 0 Å². The lowest BCUT2D eigenvalue weighted by Gasteiger charge is -2.33. The molecule has 21 heavy (non-hydrogen) atoms. The molecule has 2 aliphatic rings. The van der Waals surface area contributed by atoms with Crippen LogP contribution in [0.2, 0.25) is 0 Å². The molecule has 2 fully saturated rings. The molecule has 0 aliphatic carbocycles. The number of halogens is 1. The first-order valence-corrected chi connectivity index (χ1v) is 8.03. The molecule has 0 radical (unpaired) electrons. The molecule has 0 unspecified atom stereocenters. The van der Waals surface area contributed by atoms with Crippen LogP contribution in [0.15, 0.2) is 18.2 Å². The third-order valence-electron chi connectivity index (χ3n) is 4.82. The van der Waals surface area contributed by atoms with Gasteiger partial charge in [0.05, 0.1) is 6.10 Å². The van der Waals surface area contributed by atoms with Crippen molar-refractivity contribution in [1.29, 1.82) is 0 Å². The Balaban J connectivity index is 1.61. The number of hydrogen-bond acceptors (Lipinski definition) is 3. The number of benzene rings is 1. The number of piperidine rings is 1. The molecule has 0 bridgehead atoms. The van der Waals surface area contributed by atoms with E-state index in [1.807, 2.05) is 12.1 Å². The van der Waals surface area contributed by atoms with E-state index in [1.54, 1.807) is 13.0 Å². The largest absolute Gasteiger partial charge is 0.390 e. The van der Waals surface area contributed by atoms with Crippen LogP contribution in [-0.4, -0.2) is 53.2 Å². The Morgan fingerprint density at radius 1 is 1.19 bits per heavy atom. The van der Waals surface area contributed by atoms with Crippen molar-refractivity contribution in [2.24, 2.45) is 0 Å². The Kier molecular flexibility index (Phi) is 4.57. The standard InChI is InChI=1S/C17H25FN2O/c1-13-9-14(5-6-15(13)18)10-19-11-16(17(21)12-19)20-7-3-2-4-8-20/h5-6,9,16-17,21H,2-4,7-8,10-12H2,1H3/t16-,17-/m0/s1. The molecular formula is C17H25FN2O. The van der Waals surface area contributed by atoms with Crippen molar-refractivity contribution in [2.45, 2.75) is 44.9 Å². The predicted octanol–water partition coefficient (Wildman–Crippen LogP) is 2.17. The number of nitrogens with zero attached hydrogens (tertiary/aromatic N) is 2. The van der Waals surface area contributed by atoms with Gasteiger partial charge in [0.2, 0.25) is 0 Å². The first-order chi connectivity index (χ1) is 10.1. The monoisotopic (exact) mass is 292 g/mol. The van der Waals surface area contributed by atoms with E-state index >= 15 is 0 Å². The van der Waals surface area contributed by atoms with Crippen LogP contribution < -0.4 is 0 Å². The summed E-state index contributed by atoms with van der Waals surface area (Å²) >= 11 is 0. The van der Waals surface area contributed by atoms with Crippen LogP contribution in [0.1, 0.15) is 30.4 Å². The molecule has 0 spiro atoms. The van der Waals surface area contributed by atoms with Crippen LogP contribution in [0, 0.1) is 12.7 Å². The number of aryl methyl sites for hydroxylation is 1. The van der Waals surface area contributed by atoms with Gasteiger partial charge in [0, 0.05) is 25.7 Å². The van der Waals surface area contributed by atoms with Gasteiger partial charge >= 0.3 is 0 Å². The average molecular weight is 292 g/mol. The summed E-state index contributed by atoms with van der Waals surface area (Å²) in [7, 11) is 0. The second-order valence-corrected chi connectivity index (χ2v) is 6.51. The van der Waals surface area contributed by atoms with Crippen LogP contribution in [0.4, 0.5) is 4.39 Å². The molecule has 3 rings (SSSR count). The third-order valence-corrected chi connectivity index (χ3v) is 4.82. The van der Waals surface area contributed by atoms with E-state index in [9.17, 15) is 9.50 Å². The van der Waals surface area contributed by atoms with Crippen molar-refractivity contribution in [3.63, 3.8) is 0 Å². The fourth-order valence-corrected chi connectivity index (χ4v) is 3.65. The summed E-state index contributed by atoms with van der Waals surface area (Å²) in [6.45, 7) is 6.46. The fraction of sp³-hybridized carbons (Fsp3) is 0.647. The minimum absolute atomic E-state index is 0.147. The van der Waals surface area contributed by atoms with Gasteiger partial charge in [-0.25, -0.2) is 4.39 Å². The summed E-state index contributed by atoms with van der Waals surface area (Å²) in [6.07, 6.45) is 3.56. The maximum Gasteiger partial charge on any atom is 0.126 e. The number of likely N-dealkylation sites (tertiary alicyclic amines) is 2. The quantitative estimate of drug-likeness (QED) is 0.925. The number of aliphatic hydroxyl groups is 1. The smallest absolute Gasteiger partial charge is 0.126 e. The fourth-order valence-electron chi connectivity index (χ4n) is 3.65. The highest BCUT2D eigenvalue weighted by Gasteiger charge is 2.35. The lowest BCUT2D eigenvalue weighted by Crippen LogP contribution is -2.45.